The Hall–Kier alpha value is -1.46. The van der Waals surface area contributed by atoms with E-state index in [1.165, 1.54) is 0 Å². The number of ether oxygens (including phenoxy) is 4. The van der Waals surface area contributed by atoms with Crippen LogP contribution < -0.4 is 10.6 Å². The number of carbonyl (C=O) groups is 2. The first-order chi connectivity index (χ1) is 12.7. The summed E-state index contributed by atoms with van der Waals surface area (Å²) in [7, 11) is 0. The van der Waals surface area contributed by atoms with Gasteiger partial charge in [0.25, 0.3) is 0 Å². The highest BCUT2D eigenvalue weighted by atomic mass is 16.8. The predicted octanol–water partition coefficient (Wildman–Crippen LogP) is -0.383. The molecule has 0 saturated carbocycles. The molecule has 2 heterocycles. The van der Waals surface area contributed by atoms with Crippen LogP contribution in [0, 0.1) is 0 Å². The highest BCUT2D eigenvalue weighted by Gasteiger charge is 2.56. The van der Waals surface area contributed by atoms with E-state index in [0.29, 0.717) is 25.8 Å². The fourth-order valence-corrected chi connectivity index (χ4v) is 2.54. The molecule has 2 fully saturated rings. The van der Waals surface area contributed by atoms with E-state index in [1.54, 1.807) is 20.8 Å². The molecule has 2 aliphatic heterocycles. The van der Waals surface area contributed by atoms with E-state index < -0.39 is 42.6 Å². The molecule has 0 aromatic carbocycles. The molecule has 2 aliphatic rings. The van der Waals surface area contributed by atoms with Crippen molar-refractivity contribution in [3.8, 4) is 0 Å². The van der Waals surface area contributed by atoms with Crippen LogP contribution in [0.5, 0.6) is 0 Å². The Labute approximate surface area is 158 Å². The predicted molar refractivity (Wildman–Crippen MR) is 92.6 cm³/mol. The van der Waals surface area contributed by atoms with Crippen molar-refractivity contribution in [1.82, 2.24) is 10.6 Å². The second kappa shape index (κ2) is 9.65. The van der Waals surface area contributed by atoms with Gasteiger partial charge in [0.1, 0.15) is 23.9 Å². The number of fused-ring (bicyclic) bond motifs is 1. The van der Waals surface area contributed by atoms with Crippen LogP contribution >= 0.6 is 0 Å². The summed E-state index contributed by atoms with van der Waals surface area (Å²) in [5.41, 5.74) is -0.532. The van der Waals surface area contributed by atoms with E-state index in [9.17, 15) is 19.8 Å². The average Bonchev–Trinajstić information content (AvgIpc) is 3.33. The summed E-state index contributed by atoms with van der Waals surface area (Å²) in [4.78, 5) is 23.2. The Balaban J connectivity index is 1.45. The van der Waals surface area contributed by atoms with Gasteiger partial charge in [-0.3, -0.25) is 4.79 Å². The van der Waals surface area contributed by atoms with E-state index in [4.69, 9.17) is 18.9 Å². The highest BCUT2D eigenvalue weighted by molar-refractivity contribution is 5.75. The van der Waals surface area contributed by atoms with Crippen LogP contribution in [0.1, 0.15) is 40.0 Å². The largest absolute Gasteiger partial charge is 0.444 e. The third kappa shape index (κ3) is 7.59. The number of epoxide rings is 1. The van der Waals surface area contributed by atoms with Crippen LogP contribution in [0.25, 0.3) is 0 Å². The minimum atomic E-state index is -1.18. The van der Waals surface area contributed by atoms with Crippen LogP contribution in [-0.4, -0.2) is 78.4 Å². The van der Waals surface area contributed by atoms with Crippen molar-refractivity contribution < 1.29 is 38.7 Å². The van der Waals surface area contributed by atoms with E-state index >= 15 is 0 Å². The fraction of sp³-hybridized carbons (Fsp3) is 0.882. The van der Waals surface area contributed by atoms with E-state index in [-0.39, 0.29) is 19.1 Å². The molecule has 0 aliphatic carbocycles. The summed E-state index contributed by atoms with van der Waals surface area (Å²) in [6.07, 6.45) is -3.05. The number of aliphatic hydroxyl groups excluding tert-OH is 2. The number of amides is 2. The number of hydrogen-bond donors (Lipinski definition) is 4. The molecule has 10 heteroatoms. The first-order valence-corrected chi connectivity index (χ1v) is 9.19. The third-order valence-electron chi connectivity index (χ3n) is 3.92. The van der Waals surface area contributed by atoms with Gasteiger partial charge in [-0.25, -0.2) is 4.79 Å². The van der Waals surface area contributed by atoms with Crippen molar-refractivity contribution >= 4 is 12.0 Å². The van der Waals surface area contributed by atoms with Crippen molar-refractivity contribution in [3.63, 3.8) is 0 Å². The molecule has 0 spiro atoms. The molecule has 2 saturated heterocycles. The summed E-state index contributed by atoms with van der Waals surface area (Å²) < 4.78 is 20.7. The van der Waals surface area contributed by atoms with E-state index in [1.807, 2.05) is 0 Å². The third-order valence-corrected chi connectivity index (χ3v) is 3.92. The number of rotatable bonds is 9. The van der Waals surface area contributed by atoms with Gasteiger partial charge >= 0.3 is 6.09 Å². The molecule has 27 heavy (non-hydrogen) atoms. The highest BCUT2D eigenvalue weighted by Crippen LogP contribution is 2.35. The summed E-state index contributed by atoms with van der Waals surface area (Å²) in [6, 6.07) is 0. The Bertz CT molecular complexity index is 510. The van der Waals surface area contributed by atoms with Gasteiger partial charge in [0, 0.05) is 19.5 Å². The lowest BCUT2D eigenvalue weighted by atomic mass is 10.1. The molecule has 4 N–H and O–H groups in total. The second-order valence-electron chi connectivity index (χ2n) is 7.56. The Morgan fingerprint density at radius 2 is 1.78 bits per heavy atom. The Morgan fingerprint density at radius 3 is 2.48 bits per heavy atom. The van der Waals surface area contributed by atoms with Crippen LogP contribution in [0.2, 0.25) is 0 Å². The topological polar surface area (TPSA) is 139 Å². The average molecular weight is 390 g/mol. The number of unbranched alkanes of at least 4 members (excludes halogenated alkanes) is 1. The van der Waals surface area contributed by atoms with Gasteiger partial charge in [-0.1, -0.05) is 0 Å². The summed E-state index contributed by atoms with van der Waals surface area (Å²) in [5, 5.41) is 24.8. The van der Waals surface area contributed by atoms with Crippen molar-refractivity contribution in [2.45, 2.75) is 76.5 Å². The molecule has 0 aromatic rings. The second-order valence-corrected chi connectivity index (χ2v) is 7.56. The summed E-state index contributed by atoms with van der Waals surface area (Å²) >= 11 is 0. The minimum absolute atomic E-state index is 0.133. The number of nitrogens with one attached hydrogen (secondary N) is 2. The van der Waals surface area contributed by atoms with Crippen molar-refractivity contribution in [2.24, 2.45) is 0 Å². The molecular weight excluding hydrogens is 360 g/mol. The summed E-state index contributed by atoms with van der Waals surface area (Å²) in [5.74, 6) is -0.133. The van der Waals surface area contributed by atoms with Crippen molar-refractivity contribution in [2.75, 3.05) is 19.7 Å². The number of carbonyl (C=O) groups excluding carboxylic acids is 2. The molecule has 5 atom stereocenters. The Kier molecular flexibility index (Phi) is 7.80. The molecule has 0 aromatic heterocycles. The molecule has 0 radical (unpaired) electrons. The lowest BCUT2D eigenvalue weighted by molar-refractivity contribution is -0.242. The zero-order valence-electron chi connectivity index (χ0n) is 16.0. The first kappa shape index (κ1) is 21.8. The van der Waals surface area contributed by atoms with Gasteiger partial charge < -0.3 is 39.8 Å². The Morgan fingerprint density at radius 1 is 1.04 bits per heavy atom. The number of hydrogen-bond acceptors (Lipinski definition) is 8. The van der Waals surface area contributed by atoms with Crippen molar-refractivity contribution in [3.05, 3.63) is 0 Å². The van der Waals surface area contributed by atoms with Gasteiger partial charge in [0.05, 0.1) is 6.61 Å². The lowest BCUT2D eigenvalue weighted by Gasteiger charge is -2.28. The molecule has 5 unspecified atom stereocenters. The molecular formula is C17H30N2O8. The SMILES string of the molecule is CC(C)(C)OC(=O)NCCCCC(=O)NCCOC1OC2OC2C(O)C1O. The van der Waals surface area contributed by atoms with Gasteiger partial charge in [-0.15, -0.1) is 0 Å². The molecule has 2 rings (SSSR count). The fourth-order valence-electron chi connectivity index (χ4n) is 2.54. The number of aliphatic hydroxyl groups is 2. The van der Waals surface area contributed by atoms with Gasteiger partial charge in [-0.05, 0) is 33.6 Å². The van der Waals surface area contributed by atoms with Gasteiger partial charge in [0.2, 0.25) is 5.91 Å². The van der Waals surface area contributed by atoms with Crippen LogP contribution in [0.4, 0.5) is 4.79 Å². The quantitative estimate of drug-likeness (QED) is 0.309. The summed E-state index contributed by atoms with van der Waals surface area (Å²) in [6.45, 7) is 6.21. The maximum Gasteiger partial charge on any atom is 0.407 e. The first-order valence-electron chi connectivity index (χ1n) is 9.19. The van der Waals surface area contributed by atoms with E-state index in [0.717, 1.165) is 0 Å². The molecule has 2 amide bonds. The smallest absolute Gasteiger partial charge is 0.407 e. The zero-order chi connectivity index (χ0) is 20.0. The maximum absolute atomic E-state index is 11.7. The molecule has 10 nitrogen and oxygen atoms in total. The van der Waals surface area contributed by atoms with Crippen LogP contribution in [0.15, 0.2) is 0 Å². The zero-order valence-corrected chi connectivity index (χ0v) is 16.0. The maximum atomic E-state index is 11.7. The molecule has 0 bridgehead atoms. The van der Waals surface area contributed by atoms with Crippen molar-refractivity contribution in [1.29, 1.82) is 0 Å². The number of alkyl carbamates (subject to hydrolysis) is 1. The van der Waals surface area contributed by atoms with Gasteiger partial charge in [0.15, 0.2) is 12.6 Å². The van der Waals surface area contributed by atoms with E-state index in [2.05, 4.69) is 10.6 Å². The standard InChI is InChI=1S/C17H30N2O8/c1-17(2,3)27-16(23)19-7-5-4-6-10(20)18-8-9-24-14-12(22)11(21)13-15(25-13)26-14/h11-15,21-22H,4-9H2,1-3H3,(H,18,20)(H,19,23). The normalized spacial score (nSPS) is 29.6. The van der Waals surface area contributed by atoms with Gasteiger partial charge in [-0.2, -0.15) is 0 Å². The minimum Gasteiger partial charge on any atom is -0.444 e. The molecule has 156 valence electrons. The lowest BCUT2D eigenvalue weighted by Crippen LogP contribution is -2.49. The monoisotopic (exact) mass is 390 g/mol. The van der Waals surface area contributed by atoms with Crippen LogP contribution in [-0.2, 0) is 23.7 Å². The van der Waals surface area contributed by atoms with Crippen LogP contribution in [0.3, 0.4) is 0 Å².